The summed E-state index contributed by atoms with van der Waals surface area (Å²) < 4.78 is 10.6. The molecule has 1 aliphatic rings. The van der Waals surface area contributed by atoms with Gasteiger partial charge in [0.15, 0.2) is 0 Å². The number of rotatable bonds is 9. The van der Waals surface area contributed by atoms with Crippen LogP contribution < -0.4 is 15.4 Å². The average Bonchev–Trinajstić information content (AvgIpc) is 3.47. The number of hydrogen-bond donors (Lipinski definition) is 2. The molecule has 0 radical (unpaired) electrons. The number of ether oxygens (including phenoxy) is 2. The molecule has 0 bridgehead atoms. The van der Waals surface area contributed by atoms with E-state index in [1.54, 1.807) is 36.4 Å². The molecule has 0 unspecified atom stereocenters. The van der Waals surface area contributed by atoms with Gasteiger partial charge in [0.25, 0.3) is 5.91 Å². The van der Waals surface area contributed by atoms with Crippen LogP contribution in [0, 0.1) is 5.92 Å². The van der Waals surface area contributed by atoms with Gasteiger partial charge in [-0.1, -0.05) is 55.3 Å². The normalized spacial score (nSPS) is 13.0. The minimum absolute atomic E-state index is 0.00304. The van der Waals surface area contributed by atoms with Crippen molar-refractivity contribution in [2.45, 2.75) is 32.3 Å². The smallest absolute Gasteiger partial charge is 0.343 e. The van der Waals surface area contributed by atoms with Crippen LogP contribution in [0.25, 0.3) is 0 Å². The van der Waals surface area contributed by atoms with Crippen LogP contribution >= 0.6 is 0 Å². The van der Waals surface area contributed by atoms with E-state index in [-0.39, 0.29) is 41.9 Å². The third kappa shape index (κ3) is 7.27. The van der Waals surface area contributed by atoms with E-state index < -0.39 is 17.8 Å². The fourth-order valence-electron chi connectivity index (χ4n) is 4.06. The summed E-state index contributed by atoms with van der Waals surface area (Å²) in [5.41, 5.74) is 1.81. The van der Waals surface area contributed by atoms with E-state index >= 15 is 0 Å². The molecule has 3 aromatic carbocycles. The lowest BCUT2D eigenvalue weighted by Gasteiger charge is -2.12. The summed E-state index contributed by atoms with van der Waals surface area (Å²) >= 11 is 0. The molecule has 0 saturated heterocycles. The largest absolute Gasteiger partial charge is 0.460 e. The maximum Gasteiger partial charge on any atom is 0.343 e. The van der Waals surface area contributed by atoms with E-state index in [0.717, 1.165) is 31.2 Å². The number of hydrogen-bond acceptors (Lipinski definition) is 6. The monoisotopic (exact) mass is 500 g/mol. The highest BCUT2D eigenvalue weighted by molar-refractivity contribution is 6.00. The molecule has 0 heterocycles. The molecule has 0 spiro atoms. The van der Waals surface area contributed by atoms with Crippen molar-refractivity contribution in [3.8, 4) is 5.75 Å². The molecule has 0 aromatic heterocycles. The quantitative estimate of drug-likeness (QED) is 0.330. The summed E-state index contributed by atoms with van der Waals surface area (Å²) in [5, 5.41) is 5.38. The zero-order valence-corrected chi connectivity index (χ0v) is 20.3. The molecule has 190 valence electrons. The highest BCUT2D eigenvalue weighted by atomic mass is 16.5. The van der Waals surface area contributed by atoms with Gasteiger partial charge in [-0.2, -0.15) is 0 Å². The Labute approximate surface area is 215 Å². The Morgan fingerprint density at radius 3 is 2.22 bits per heavy atom. The van der Waals surface area contributed by atoms with Gasteiger partial charge in [0.1, 0.15) is 18.9 Å². The van der Waals surface area contributed by atoms with Crippen LogP contribution in [0.4, 0.5) is 5.69 Å². The topological polar surface area (TPSA) is 111 Å². The fraction of sp³-hybridized carbons (Fsp3) is 0.241. The van der Waals surface area contributed by atoms with Crippen LogP contribution in [0.1, 0.15) is 52.0 Å². The highest BCUT2D eigenvalue weighted by Crippen LogP contribution is 2.26. The van der Waals surface area contributed by atoms with Crippen molar-refractivity contribution in [2.24, 2.45) is 5.92 Å². The number of benzene rings is 3. The molecule has 8 nitrogen and oxygen atoms in total. The maximum atomic E-state index is 12.7. The molecule has 1 aliphatic carbocycles. The van der Waals surface area contributed by atoms with E-state index in [1.807, 2.05) is 30.3 Å². The minimum atomic E-state index is -0.656. The summed E-state index contributed by atoms with van der Waals surface area (Å²) in [4.78, 5) is 49.7. The second kappa shape index (κ2) is 12.5. The lowest BCUT2D eigenvalue weighted by molar-refractivity contribution is -0.143. The second-order valence-corrected chi connectivity index (χ2v) is 8.76. The van der Waals surface area contributed by atoms with Crippen molar-refractivity contribution in [1.82, 2.24) is 5.32 Å². The van der Waals surface area contributed by atoms with Crippen molar-refractivity contribution in [1.29, 1.82) is 0 Å². The van der Waals surface area contributed by atoms with Crippen LogP contribution in [0.3, 0.4) is 0 Å². The first kappa shape index (κ1) is 25.6. The van der Waals surface area contributed by atoms with Crippen LogP contribution in [0.5, 0.6) is 5.75 Å². The number of anilines is 1. The number of para-hydroxylation sites is 1. The molecule has 4 rings (SSSR count). The molecular weight excluding hydrogens is 472 g/mol. The molecule has 37 heavy (non-hydrogen) atoms. The van der Waals surface area contributed by atoms with E-state index in [2.05, 4.69) is 10.6 Å². The zero-order valence-electron chi connectivity index (χ0n) is 20.3. The molecule has 8 heteroatoms. The van der Waals surface area contributed by atoms with E-state index in [4.69, 9.17) is 9.47 Å². The molecule has 3 aromatic rings. The van der Waals surface area contributed by atoms with Gasteiger partial charge in [-0.05, 0) is 54.8 Å². The van der Waals surface area contributed by atoms with E-state index in [1.165, 1.54) is 12.1 Å². The Morgan fingerprint density at radius 1 is 0.811 bits per heavy atom. The molecule has 1 fully saturated rings. The van der Waals surface area contributed by atoms with Crippen LogP contribution in [0.15, 0.2) is 78.9 Å². The van der Waals surface area contributed by atoms with Gasteiger partial charge < -0.3 is 20.1 Å². The summed E-state index contributed by atoms with van der Waals surface area (Å²) in [6.07, 6.45) is 3.94. The Balaban J connectivity index is 1.30. The molecule has 0 atom stereocenters. The van der Waals surface area contributed by atoms with Gasteiger partial charge in [0.05, 0.1) is 11.1 Å². The second-order valence-electron chi connectivity index (χ2n) is 8.76. The Hall–Kier alpha value is -4.46. The number of nitrogens with one attached hydrogen (secondary N) is 2. The van der Waals surface area contributed by atoms with Gasteiger partial charge in [0.2, 0.25) is 5.91 Å². The molecular formula is C29H28N2O6. The van der Waals surface area contributed by atoms with Gasteiger partial charge in [-0.3, -0.25) is 14.4 Å². The Morgan fingerprint density at radius 2 is 1.49 bits per heavy atom. The fourth-order valence-corrected chi connectivity index (χ4v) is 4.06. The van der Waals surface area contributed by atoms with Crippen molar-refractivity contribution in [2.75, 3.05) is 11.9 Å². The maximum absolute atomic E-state index is 12.7. The SMILES string of the molecule is O=C(CNC(=O)c1ccccc1OC(=O)c1ccc(NC(=O)C2CCCC2)cc1)OCc1ccccc1. The number of amides is 2. The first-order chi connectivity index (χ1) is 18.0. The molecule has 2 N–H and O–H groups in total. The van der Waals surface area contributed by atoms with Crippen LogP contribution in [-0.2, 0) is 20.9 Å². The highest BCUT2D eigenvalue weighted by Gasteiger charge is 2.23. The minimum Gasteiger partial charge on any atom is -0.460 e. The molecule has 2 amide bonds. The van der Waals surface area contributed by atoms with Crippen molar-refractivity contribution in [3.63, 3.8) is 0 Å². The molecule has 1 saturated carbocycles. The lowest BCUT2D eigenvalue weighted by Crippen LogP contribution is -2.31. The standard InChI is InChI=1S/C29H28N2O6/c32-26(36-19-20-8-2-1-3-9-20)18-30-28(34)24-12-6-7-13-25(24)37-29(35)22-14-16-23(17-15-22)31-27(33)21-10-4-5-11-21/h1-3,6-9,12-17,21H,4-5,10-11,18-19H2,(H,30,34)(H,31,33). The van der Waals surface area contributed by atoms with E-state index in [9.17, 15) is 19.2 Å². The van der Waals surface area contributed by atoms with Crippen molar-refractivity contribution < 1.29 is 28.7 Å². The van der Waals surface area contributed by atoms with Gasteiger partial charge >= 0.3 is 11.9 Å². The first-order valence-corrected chi connectivity index (χ1v) is 12.2. The average molecular weight is 501 g/mol. The lowest BCUT2D eigenvalue weighted by atomic mass is 10.1. The zero-order chi connectivity index (χ0) is 26.0. The predicted molar refractivity (Wildman–Crippen MR) is 137 cm³/mol. The number of carbonyl (C=O) groups is 4. The summed E-state index contributed by atoms with van der Waals surface area (Å²) in [6.45, 7) is -0.227. The summed E-state index contributed by atoms with van der Waals surface area (Å²) in [5.74, 6) is -1.73. The summed E-state index contributed by atoms with van der Waals surface area (Å²) in [6, 6.07) is 21.8. The van der Waals surface area contributed by atoms with Crippen molar-refractivity contribution in [3.05, 3.63) is 95.6 Å². The third-order valence-electron chi connectivity index (χ3n) is 6.08. The molecule has 0 aliphatic heterocycles. The van der Waals surface area contributed by atoms with Crippen LogP contribution in [0.2, 0.25) is 0 Å². The number of esters is 2. The predicted octanol–water partition coefficient (Wildman–Crippen LogP) is 4.51. The van der Waals surface area contributed by atoms with E-state index in [0.29, 0.717) is 5.69 Å². The van der Waals surface area contributed by atoms with Gasteiger partial charge in [-0.25, -0.2) is 4.79 Å². The third-order valence-corrected chi connectivity index (χ3v) is 6.08. The van der Waals surface area contributed by atoms with Gasteiger partial charge in [0, 0.05) is 11.6 Å². The number of carbonyl (C=O) groups excluding carboxylic acids is 4. The Kier molecular flexibility index (Phi) is 8.65. The Bertz CT molecular complexity index is 1250. The summed E-state index contributed by atoms with van der Waals surface area (Å²) in [7, 11) is 0. The van der Waals surface area contributed by atoms with Gasteiger partial charge in [-0.15, -0.1) is 0 Å². The van der Waals surface area contributed by atoms with Crippen LogP contribution in [-0.4, -0.2) is 30.3 Å². The van der Waals surface area contributed by atoms with Crippen molar-refractivity contribution >= 4 is 29.4 Å². The first-order valence-electron chi connectivity index (χ1n) is 12.2.